The molecule has 1 N–H and O–H groups in total. The lowest BCUT2D eigenvalue weighted by Gasteiger charge is -2.08. The second kappa shape index (κ2) is 6.03. The van der Waals surface area contributed by atoms with Crippen LogP contribution in [-0.4, -0.2) is 16.9 Å². The SMILES string of the molecule is CC(CC(=O)O)CC(=O)c1ccc(Cl)cc1Cl. The predicted molar refractivity (Wildman–Crippen MR) is 66.8 cm³/mol. The molecule has 0 saturated heterocycles. The van der Waals surface area contributed by atoms with Crippen molar-refractivity contribution in [1.29, 1.82) is 0 Å². The van der Waals surface area contributed by atoms with Crippen LogP contribution in [0.5, 0.6) is 0 Å². The first-order chi connectivity index (χ1) is 7.90. The number of Topliss-reactive ketones (excluding diaryl/α,β-unsaturated/α-hetero) is 1. The van der Waals surface area contributed by atoms with Gasteiger partial charge in [-0.25, -0.2) is 0 Å². The summed E-state index contributed by atoms with van der Waals surface area (Å²) in [5.41, 5.74) is 0.383. The Balaban J connectivity index is 2.73. The van der Waals surface area contributed by atoms with Crippen molar-refractivity contribution in [2.75, 3.05) is 0 Å². The van der Waals surface area contributed by atoms with Crippen LogP contribution in [0.1, 0.15) is 30.1 Å². The molecule has 92 valence electrons. The first-order valence-corrected chi connectivity index (χ1v) is 5.85. The molecule has 0 spiro atoms. The molecule has 0 amide bonds. The number of carboxylic acid groups (broad SMARTS) is 1. The van der Waals surface area contributed by atoms with Gasteiger partial charge in [-0.2, -0.15) is 0 Å². The van der Waals surface area contributed by atoms with Gasteiger partial charge in [0.15, 0.2) is 5.78 Å². The largest absolute Gasteiger partial charge is 0.481 e. The Kier molecular flexibility index (Phi) is 4.97. The van der Waals surface area contributed by atoms with E-state index >= 15 is 0 Å². The highest BCUT2D eigenvalue weighted by atomic mass is 35.5. The second-order valence-corrected chi connectivity index (χ2v) is 4.80. The highest BCUT2D eigenvalue weighted by molar-refractivity contribution is 6.36. The molecule has 0 bridgehead atoms. The van der Waals surface area contributed by atoms with Gasteiger partial charge in [-0.05, 0) is 24.1 Å². The van der Waals surface area contributed by atoms with Crippen LogP contribution in [0.15, 0.2) is 18.2 Å². The summed E-state index contributed by atoms with van der Waals surface area (Å²) in [5, 5.41) is 9.36. The number of hydrogen-bond donors (Lipinski definition) is 1. The molecule has 0 radical (unpaired) electrons. The molecule has 5 heteroatoms. The average molecular weight is 275 g/mol. The van der Waals surface area contributed by atoms with Crippen LogP contribution in [0.2, 0.25) is 10.0 Å². The molecule has 0 aliphatic carbocycles. The van der Waals surface area contributed by atoms with Gasteiger partial charge in [-0.15, -0.1) is 0 Å². The van der Waals surface area contributed by atoms with E-state index in [1.54, 1.807) is 19.1 Å². The highest BCUT2D eigenvalue weighted by Gasteiger charge is 2.16. The third kappa shape index (κ3) is 4.36. The molecule has 3 nitrogen and oxygen atoms in total. The maximum absolute atomic E-state index is 11.8. The first kappa shape index (κ1) is 14.0. The number of ketones is 1. The van der Waals surface area contributed by atoms with Crippen LogP contribution >= 0.6 is 23.2 Å². The van der Waals surface area contributed by atoms with Crippen molar-refractivity contribution in [2.24, 2.45) is 5.92 Å². The fraction of sp³-hybridized carbons (Fsp3) is 0.333. The van der Waals surface area contributed by atoms with E-state index in [4.69, 9.17) is 28.3 Å². The van der Waals surface area contributed by atoms with Crippen LogP contribution in [0.25, 0.3) is 0 Å². The summed E-state index contributed by atoms with van der Waals surface area (Å²) in [6.45, 7) is 1.72. The Hall–Kier alpha value is -1.06. The van der Waals surface area contributed by atoms with Crippen LogP contribution < -0.4 is 0 Å². The van der Waals surface area contributed by atoms with Gasteiger partial charge in [0, 0.05) is 23.4 Å². The number of halogens is 2. The molecule has 1 unspecified atom stereocenters. The molecule has 17 heavy (non-hydrogen) atoms. The topological polar surface area (TPSA) is 54.4 Å². The summed E-state index contributed by atoms with van der Waals surface area (Å²) in [6, 6.07) is 4.64. The summed E-state index contributed by atoms with van der Waals surface area (Å²) in [7, 11) is 0. The number of aliphatic carboxylic acids is 1. The van der Waals surface area contributed by atoms with Crippen molar-refractivity contribution in [3.8, 4) is 0 Å². The Bertz CT molecular complexity index is 443. The highest BCUT2D eigenvalue weighted by Crippen LogP contribution is 2.23. The third-order valence-corrected chi connectivity index (χ3v) is 2.84. The number of carboxylic acids is 1. The number of hydrogen-bond acceptors (Lipinski definition) is 2. The van der Waals surface area contributed by atoms with E-state index in [0.717, 1.165) is 0 Å². The summed E-state index contributed by atoms with van der Waals surface area (Å²) in [6.07, 6.45) is 0.130. The van der Waals surface area contributed by atoms with Crippen molar-refractivity contribution in [2.45, 2.75) is 19.8 Å². The minimum atomic E-state index is -0.910. The van der Waals surface area contributed by atoms with Crippen molar-refractivity contribution in [3.63, 3.8) is 0 Å². The second-order valence-electron chi connectivity index (χ2n) is 3.95. The van der Waals surface area contributed by atoms with Crippen molar-refractivity contribution in [1.82, 2.24) is 0 Å². The summed E-state index contributed by atoms with van der Waals surface area (Å²) in [5.74, 6) is -1.29. The van der Waals surface area contributed by atoms with Crippen LogP contribution in [0.3, 0.4) is 0 Å². The maximum Gasteiger partial charge on any atom is 0.303 e. The Morgan fingerprint density at radius 1 is 1.29 bits per heavy atom. The van der Waals surface area contributed by atoms with Crippen LogP contribution in [0, 0.1) is 5.92 Å². The molecule has 0 fully saturated rings. The summed E-state index contributed by atoms with van der Waals surface area (Å²) in [4.78, 5) is 22.3. The minimum absolute atomic E-state index is 0.0308. The quantitative estimate of drug-likeness (QED) is 0.834. The summed E-state index contributed by atoms with van der Waals surface area (Å²) < 4.78 is 0. The molecule has 1 aromatic carbocycles. The van der Waals surface area contributed by atoms with Gasteiger partial charge in [0.25, 0.3) is 0 Å². The fourth-order valence-corrected chi connectivity index (χ4v) is 2.03. The number of benzene rings is 1. The van der Waals surface area contributed by atoms with E-state index in [1.807, 2.05) is 0 Å². The van der Waals surface area contributed by atoms with Crippen molar-refractivity contribution < 1.29 is 14.7 Å². The number of rotatable bonds is 5. The van der Waals surface area contributed by atoms with E-state index in [0.29, 0.717) is 15.6 Å². The lowest BCUT2D eigenvalue weighted by Crippen LogP contribution is -2.10. The van der Waals surface area contributed by atoms with Gasteiger partial charge < -0.3 is 5.11 Å². The maximum atomic E-state index is 11.8. The fourth-order valence-electron chi connectivity index (χ4n) is 1.51. The minimum Gasteiger partial charge on any atom is -0.481 e. The first-order valence-electron chi connectivity index (χ1n) is 5.10. The van der Waals surface area contributed by atoms with Gasteiger partial charge >= 0.3 is 5.97 Å². The van der Waals surface area contributed by atoms with E-state index in [-0.39, 0.29) is 24.5 Å². The molecule has 1 aromatic rings. The van der Waals surface area contributed by atoms with Crippen LogP contribution in [-0.2, 0) is 4.79 Å². The Morgan fingerprint density at radius 3 is 2.47 bits per heavy atom. The molecule has 0 aromatic heterocycles. The van der Waals surface area contributed by atoms with E-state index in [1.165, 1.54) is 6.07 Å². The molecule has 1 atom stereocenters. The van der Waals surface area contributed by atoms with Gasteiger partial charge in [0.05, 0.1) is 5.02 Å². The van der Waals surface area contributed by atoms with Gasteiger partial charge in [0.2, 0.25) is 0 Å². The lowest BCUT2D eigenvalue weighted by molar-refractivity contribution is -0.137. The van der Waals surface area contributed by atoms with Crippen molar-refractivity contribution >= 4 is 35.0 Å². The zero-order valence-corrected chi connectivity index (χ0v) is 10.8. The van der Waals surface area contributed by atoms with E-state index in [9.17, 15) is 9.59 Å². The average Bonchev–Trinajstić information content (AvgIpc) is 2.15. The normalized spacial score (nSPS) is 12.2. The number of carbonyl (C=O) groups excluding carboxylic acids is 1. The van der Waals surface area contributed by atoms with Gasteiger partial charge in [-0.1, -0.05) is 30.1 Å². The van der Waals surface area contributed by atoms with E-state index < -0.39 is 5.97 Å². The number of carbonyl (C=O) groups is 2. The monoisotopic (exact) mass is 274 g/mol. The molecule has 0 saturated carbocycles. The predicted octanol–water partition coefficient (Wildman–Crippen LogP) is 3.68. The smallest absolute Gasteiger partial charge is 0.303 e. The molecule has 0 aliphatic heterocycles. The van der Waals surface area contributed by atoms with E-state index in [2.05, 4.69) is 0 Å². The molecular formula is C12H12Cl2O3. The molecule has 0 heterocycles. The van der Waals surface area contributed by atoms with Crippen molar-refractivity contribution in [3.05, 3.63) is 33.8 Å². The Labute approximate surface area is 109 Å². The third-order valence-electron chi connectivity index (χ3n) is 2.29. The van der Waals surface area contributed by atoms with Gasteiger partial charge in [0.1, 0.15) is 0 Å². The van der Waals surface area contributed by atoms with Gasteiger partial charge in [-0.3, -0.25) is 9.59 Å². The van der Waals surface area contributed by atoms with Crippen LogP contribution in [0.4, 0.5) is 0 Å². The zero-order valence-electron chi connectivity index (χ0n) is 9.24. The standard InChI is InChI=1S/C12H12Cl2O3/c1-7(5-12(16)17)4-11(15)9-3-2-8(13)6-10(9)14/h2-3,6-7H,4-5H2,1H3,(H,16,17). The molecular weight excluding hydrogens is 263 g/mol. The zero-order chi connectivity index (χ0) is 13.0. The molecule has 0 aliphatic rings. The lowest BCUT2D eigenvalue weighted by atomic mass is 9.97. The molecule has 1 rings (SSSR count). The Morgan fingerprint density at radius 2 is 1.94 bits per heavy atom. The summed E-state index contributed by atoms with van der Waals surface area (Å²) >= 11 is 11.6.